The van der Waals surface area contributed by atoms with Crippen LogP contribution in [0.15, 0.2) is 29.6 Å². The van der Waals surface area contributed by atoms with Gasteiger partial charge in [-0.2, -0.15) is 0 Å². The number of hydrogen-bond acceptors (Lipinski definition) is 3. The van der Waals surface area contributed by atoms with Gasteiger partial charge in [-0.1, -0.05) is 13.3 Å². The summed E-state index contributed by atoms with van der Waals surface area (Å²) >= 11 is 1.60. The molecule has 2 aromatic rings. The molecule has 102 valence electrons. The quantitative estimate of drug-likeness (QED) is 0.855. The molecule has 0 aliphatic carbocycles. The van der Waals surface area contributed by atoms with Crippen LogP contribution in [0.5, 0.6) is 0 Å². The van der Waals surface area contributed by atoms with Gasteiger partial charge in [-0.3, -0.25) is 0 Å². The van der Waals surface area contributed by atoms with E-state index in [1.807, 2.05) is 0 Å². The lowest BCUT2D eigenvalue weighted by atomic mass is 10.2. The number of nitrogens with one attached hydrogen (secondary N) is 1. The Morgan fingerprint density at radius 1 is 1.32 bits per heavy atom. The minimum atomic E-state index is -0.212. The van der Waals surface area contributed by atoms with Crippen LogP contribution in [0.1, 0.15) is 32.4 Å². The summed E-state index contributed by atoms with van der Waals surface area (Å²) in [6, 6.07) is 6.99. The minimum Gasteiger partial charge on any atom is -0.309 e. The zero-order valence-electron chi connectivity index (χ0n) is 11.3. The molecule has 1 heterocycles. The first-order valence-electron chi connectivity index (χ1n) is 6.62. The fourth-order valence-electron chi connectivity index (χ4n) is 1.93. The molecule has 0 aliphatic rings. The van der Waals surface area contributed by atoms with Crippen LogP contribution in [0.25, 0.3) is 10.6 Å². The van der Waals surface area contributed by atoms with E-state index in [-0.39, 0.29) is 5.82 Å². The van der Waals surface area contributed by atoms with Crippen LogP contribution in [0.4, 0.5) is 4.39 Å². The normalized spacial score (nSPS) is 12.6. The maximum Gasteiger partial charge on any atom is 0.123 e. The van der Waals surface area contributed by atoms with Crippen molar-refractivity contribution < 1.29 is 4.39 Å². The lowest BCUT2D eigenvalue weighted by molar-refractivity contribution is 0.505. The maximum absolute atomic E-state index is 12.9. The van der Waals surface area contributed by atoms with E-state index in [9.17, 15) is 4.39 Å². The van der Waals surface area contributed by atoms with Crippen LogP contribution in [-0.4, -0.2) is 11.0 Å². The molecule has 0 saturated heterocycles. The highest BCUT2D eigenvalue weighted by atomic mass is 32.1. The summed E-state index contributed by atoms with van der Waals surface area (Å²) in [4.78, 5) is 4.58. The number of benzene rings is 1. The first-order chi connectivity index (χ1) is 9.19. The van der Waals surface area contributed by atoms with Crippen LogP contribution < -0.4 is 5.32 Å². The molecule has 1 aromatic heterocycles. The third-order valence-corrected chi connectivity index (χ3v) is 3.94. The number of thiazole rings is 1. The molecule has 1 atom stereocenters. The van der Waals surface area contributed by atoms with E-state index >= 15 is 0 Å². The molecule has 0 fully saturated rings. The second kappa shape index (κ2) is 6.78. The molecule has 0 bridgehead atoms. The Labute approximate surface area is 117 Å². The molecule has 0 radical (unpaired) electrons. The summed E-state index contributed by atoms with van der Waals surface area (Å²) in [5, 5.41) is 6.46. The van der Waals surface area contributed by atoms with E-state index in [4.69, 9.17) is 0 Å². The molecular weight excluding hydrogens is 259 g/mol. The Morgan fingerprint density at radius 3 is 2.74 bits per heavy atom. The van der Waals surface area contributed by atoms with Gasteiger partial charge >= 0.3 is 0 Å². The molecule has 1 unspecified atom stereocenters. The highest BCUT2D eigenvalue weighted by molar-refractivity contribution is 7.13. The van der Waals surface area contributed by atoms with Gasteiger partial charge in [-0.05, 0) is 37.6 Å². The van der Waals surface area contributed by atoms with Crippen molar-refractivity contribution in [2.24, 2.45) is 0 Å². The number of aromatic nitrogens is 1. The van der Waals surface area contributed by atoms with Gasteiger partial charge in [0.1, 0.15) is 10.8 Å². The summed E-state index contributed by atoms with van der Waals surface area (Å²) in [5.74, 6) is -0.212. The SMILES string of the molecule is CCCC(C)NCc1csc(-c2ccc(F)cc2)n1. The van der Waals surface area contributed by atoms with Gasteiger partial charge in [0.15, 0.2) is 0 Å². The average molecular weight is 278 g/mol. The zero-order valence-corrected chi connectivity index (χ0v) is 12.1. The summed E-state index contributed by atoms with van der Waals surface area (Å²) in [6.45, 7) is 5.17. The number of halogens is 1. The predicted molar refractivity (Wildman–Crippen MR) is 78.7 cm³/mol. The Kier molecular flexibility index (Phi) is 5.05. The molecule has 1 N–H and O–H groups in total. The minimum absolute atomic E-state index is 0.212. The molecule has 4 heteroatoms. The van der Waals surface area contributed by atoms with Crippen LogP contribution >= 0.6 is 11.3 Å². The molecule has 0 amide bonds. The first-order valence-corrected chi connectivity index (χ1v) is 7.50. The number of nitrogens with zero attached hydrogens (tertiary/aromatic N) is 1. The Bertz CT molecular complexity index is 507. The van der Waals surface area contributed by atoms with Gasteiger partial charge in [0.25, 0.3) is 0 Å². The number of rotatable bonds is 6. The van der Waals surface area contributed by atoms with Crippen LogP contribution in [0.3, 0.4) is 0 Å². The fraction of sp³-hybridized carbons (Fsp3) is 0.400. The van der Waals surface area contributed by atoms with Crippen molar-refractivity contribution in [3.63, 3.8) is 0 Å². The van der Waals surface area contributed by atoms with E-state index < -0.39 is 0 Å². The van der Waals surface area contributed by atoms with Gasteiger partial charge in [-0.15, -0.1) is 11.3 Å². The van der Waals surface area contributed by atoms with Crippen molar-refractivity contribution in [1.82, 2.24) is 10.3 Å². The van der Waals surface area contributed by atoms with E-state index in [1.165, 1.54) is 25.0 Å². The molecule has 2 nitrogen and oxygen atoms in total. The average Bonchev–Trinajstić information content (AvgIpc) is 2.86. The van der Waals surface area contributed by atoms with Gasteiger partial charge in [0.05, 0.1) is 5.69 Å². The molecule has 2 rings (SSSR count). The first kappa shape index (κ1) is 14.2. The van der Waals surface area contributed by atoms with Crippen LogP contribution in [-0.2, 0) is 6.54 Å². The molecule has 0 aliphatic heterocycles. The van der Waals surface area contributed by atoms with Crippen molar-refractivity contribution in [2.75, 3.05) is 0 Å². The summed E-state index contributed by atoms with van der Waals surface area (Å²) in [7, 11) is 0. The monoisotopic (exact) mass is 278 g/mol. The second-order valence-electron chi connectivity index (χ2n) is 4.72. The van der Waals surface area contributed by atoms with E-state index in [0.29, 0.717) is 6.04 Å². The smallest absolute Gasteiger partial charge is 0.123 e. The van der Waals surface area contributed by atoms with Crippen molar-refractivity contribution in [3.05, 3.63) is 41.2 Å². The molecule has 0 spiro atoms. The van der Waals surface area contributed by atoms with Gasteiger partial charge in [0.2, 0.25) is 0 Å². The lowest BCUT2D eigenvalue weighted by Crippen LogP contribution is -2.25. The van der Waals surface area contributed by atoms with Crippen molar-refractivity contribution in [2.45, 2.75) is 39.3 Å². The van der Waals surface area contributed by atoms with E-state index in [2.05, 4.69) is 29.5 Å². The highest BCUT2D eigenvalue weighted by Crippen LogP contribution is 2.23. The topological polar surface area (TPSA) is 24.9 Å². The predicted octanol–water partition coefficient (Wildman–Crippen LogP) is 4.23. The summed E-state index contributed by atoms with van der Waals surface area (Å²) in [5.41, 5.74) is 2.02. The van der Waals surface area contributed by atoms with E-state index in [1.54, 1.807) is 23.5 Å². The Morgan fingerprint density at radius 2 is 2.05 bits per heavy atom. The third kappa shape index (κ3) is 4.11. The largest absolute Gasteiger partial charge is 0.309 e. The standard InChI is InChI=1S/C15H19FN2S/c1-3-4-11(2)17-9-14-10-19-15(18-14)12-5-7-13(16)8-6-12/h5-8,10-11,17H,3-4,9H2,1-2H3. The van der Waals surface area contributed by atoms with Crippen molar-refractivity contribution in [1.29, 1.82) is 0 Å². The number of hydrogen-bond donors (Lipinski definition) is 1. The van der Waals surface area contributed by atoms with Crippen molar-refractivity contribution >= 4 is 11.3 Å². The third-order valence-electron chi connectivity index (χ3n) is 3.00. The lowest BCUT2D eigenvalue weighted by Gasteiger charge is -2.10. The Balaban J connectivity index is 1.97. The maximum atomic E-state index is 12.9. The second-order valence-corrected chi connectivity index (χ2v) is 5.58. The highest BCUT2D eigenvalue weighted by Gasteiger charge is 2.06. The molecular formula is C15H19FN2S. The van der Waals surface area contributed by atoms with Gasteiger partial charge in [0, 0.05) is 23.5 Å². The summed E-state index contributed by atoms with van der Waals surface area (Å²) in [6.07, 6.45) is 2.36. The van der Waals surface area contributed by atoms with Crippen molar-refractivity contribution in [3.8, 4) is 10.6 Å². The van der Waals surface area contributed by atoms with E-state index in [0.717, 1.165) is 22.8 Å². The Hall–Kier alpha value is -1.26. The molecule has 0 saturated carbocycles. The zero-order chi connectivity index (χ0) is 13.7. The van der Waals surface area contributed by atoms with Crippen LogP contribution in [0, 0.1) is 5.82 Å². The van der Waals surface area contributed by atoms with Gasteiger partial charge in [-0.25, -0.2) is 9.37 Å². The van der Waals surface area contributed by atoms with Crippen LogP contribution in [0.2, 0.25) is 0 Å². The summed E-state index contributed by atoms with van der Waals surface area (Å²) < 4.78 is 12.9. The molecule has 1 aromatic carbocycles. The molecule has 19 heavy (non-hydrogen) atoms. The fourth-order valence-corrected chi connectivity index (χ4v) is 2.75. The van der Waals surface area contributed by atoms with Gasteiger partial charge < -0.3 is 5.32 Å².